The maximum atomic E-state index is 13.0. The van der Waals surface area contributed by atoms with E-state index in [-0.39, 0.29) is 10.8 Å². The van der Waals surface area contributed by atoms with Crippen molar-refractivity contribution in [3.63, 3.8) is 0 Å². The van der Waals surface area contributed by atoms with Crippen LogP contribution in [0.4, 0.5) is 17.1 Å². The third-order valence-electron chi connectivity index (χ3n) is 6.07. The molecule has 2 heterocycles. The van der Waals surface area contributed by atoms with E-state index in [1.54, 1.807) is 30.3 Å². The fourth-order valence-electron chi connectivity index (χ4n) is 4.27. The Morgan fingerprint density at radius 3 is 2.46 bits per heavy atom. The summed E-state index contributed by atoms with van der Waals surface area (Å²) in [7, 11) is -3.81. The summed E-state index contributed by atoms with van der Waals surface area (Å²) >= 11 is 0. The molecule has 0 saturated carbocycles. The number of sulfonamides is 1. The molecule has 8 nitrogen and oxygen atoms in total. The summed E-state index contributed by atoms with van der Waals surface area (Å²) in [6, 6.07) is 18.9. The normalized spacial score (nSPS) is 15.6. The lowest BCUT2D eigenvalue weighted by atomic mass is 10.2. The second kappa shape index (κ2) is 9.50. The van der Waals surface area contributed by atoms with Crippen molar-refractivity contribution in [3.05, 3.63) is 72.3 Å². The lowest BCUT2D eigenvalue weighted by molar-refractivity contribution is -0.118. The molecule has 0 aliphatic carbocycles. The maximum Gasteiger partial charge on any atom is 0.262 e. The second-order valence-corrected chi connectivity index (χ2v) is 10.3. The fourth-order valence-corrected chi connectivity index (χ4v) is 5.35. The van der Waals surface area contributed by atoms with E-state index in [0.29, 0.717) is 36.9 Å². The van der Waals surface area contributed by atoms with E-state index < -0.39 is 16.1 Å². The van der Waals surface area contributed by atoms with Gasteiger partial charge >= 0.3 is 0 Å². The molecule has 0 spiro atoms. The third kappa shape index (κ3) is 4.90. The van der Waals surface area contributed by atoms with E-state index in [4.69, 9.17) is 9.47 Å². The predicted molar refractivity (Wildman–Crippen MR) is 135 cm³/mol. The zero-order valence-electron chi connectivity index (χ0n) is 19.4. The summed E-state index contributed by atoms with van der Waals surface area (Å²) in [4.78, 5) is 14.9. The summed E-state index contributed by atoms with van der Waals surface area (Å²) in [5.74, 6) is 0.955. The molecular weight excluding hydrogens is 466 g/mol. The first-order chi connectivity index (χ1) is 16.9. The molecule has 9 heteroatoms. The van der Waals surface area contributed by atoms with Gasteiger partial charge in [0.05, 0.1) is 18.1 Å². The molecule has 1 unspecified atom stereocenters. The predicted octanol–water partition coefficient (Wildman–Crippen LogP) is 4.04. The Bertz CT molecular complexity index is 1340. The minimum Gasteiger partial charge on any atom is -0.490 e. The van der Waals surface area contributed by atoms with Gasteiger partial charge in [-0.15, -0.1) is 0 Å². The Morgan fingerprint density at radius 1 is 0.943 bits per heavy atom. The van der Waals surface area contributed by atoms with E-state index in [9.17, 15) is 13.2 Å². The third-order valence-corrected chi connectivity index (χ3v) is 7.45. The molecule has 0 radical (unpaired) electrons. The van der Waals surface area contributed by atoms with E-state index in [1.807, 2.05) is 36.1 Å². The number of amides is 1. The first-order valence-corrected chi connectivity index (χ1v) is 13.1. The van der Waals surface area contributed by atoms with E-state index in [0.717, 1.165) is 24.2 Å². The minimum atomic E-state index is -3.81. The number of ether oxygens (including phenoxy) is 2. The SMILES string of the molecule is CC(Nc1ccc(NS(=O)(=O)c2ccc3c(c2)OCCCO3)cc1)C(=O)N1CCc2ccccc21. The summed E-state index contributed by atoms with van der Waals surface area (Å²) in [6.45, 7) is 3.51. The first kappa shape index (κ1) is 23.0. The Balaban J connectivity index is 1.24. The largest absolute Gasteiger partial charge is 0.490 e. The molecule has 3 aromatic carbocycles. The molecule has 0 saturated heterocycles. The quantitative estimate of drug-likeness (QED) is 0.538. The van der Waals surface area contributed by atoms with Crippen molar-refractivity contribution in [1.29, 1.82) is 0 Å². The van der Waals surface area contributed by atoms with Gasteiger partial charge in [0.15, 0.2) is 11.5 Å². The molecule has 3 aromatic rings. The summed E-state index contributed by atoms with van der Waals surface area (Å²) in [6.07, 6.45) is 1.60. The van der Waals surface area contributed by atoms with Crippen LogP contribution in [-0.4, -0.2) is 40.1 Å². The van der Waals surface area contributed by atoms with Crippen molar-refractivity contribution >= 4 is 33.0 Å². The average Bonchev–Trinajstić information content (AvgIpc) is 3.14. The number of benzene rings is 3. The van der Waals surface area contributed by atoms with Crippen molar-refractivity contribution in [2.45, 2.75) is 30.7 Å². The summed E-state index contributed by atoms with van der Waals surface area (Å²) in [5.41, 5.74) is 3.27. The Labute approximate surface area is 204 Å². The molecule has 35 heavy (non-hydrogen) atoms. The smallest absolute Gasteiger partial charge is 0.262 e. The van der Waals surface area contributed by atoms with E-state index >= 15 is 0 Å². The second-order valence-electron chi connectivity index (χ2n) is 8.58. The van der Waals surface area contributed by atoms with Gasteiger partial charge in [-0.2, -0.15) is 0 Å². The van der Waals surface area contributed by atoms with Crippen molar-refractivity contribution in [2.75, 3.05) is 34.7 Å². The first-order valence-electron chi connectivity index (χ1n) is 11.6. The van der Waals surface area contributed by atoms with Gasteiger partial charge in [0.2, 0.25) is 5.91 Å². The summed E-state index contributed by atoms with van der Waals surface area (Å²) in [5, 5.41) is 3.21. The van der Waals surface area contributed by atoms with Crippen LogP contribution in [0.15, 0.2) is 71.6 Å². The van der Waals surface area contributed by atoms with Gasteiger partial charge in [-0.3, -0.25) is 9.52 Å². The highest BCUT2D eigenvalue weighted by atomic mass is 32.2. The molecule has 0 aromatic heterocycles. The number of hydrogen-bond donors (Lipinski definition) is 2. The number of para-hydroxylation sites is 1. The van der Waals surface area contributed by atoms with Crippen LogP contribution in [0.2, 0.25) is 0 Å². The van der Waals surface area contributed by atoms with Crippen LogP contribution in [0.25, 0.3) is 0 Å². The van der Waals surface area contributed by atoms with Gasteiger partial charge in [0.25, 0.3) is 10.0 Å². The Hall–Kier alpha value is -3.72. The highest BCUT2D eigenvalue weighted by Crippen LogP contribution is 2.33. The number of nitrogens with one attached hydrogen (secondary N) is 2. The number of rotatable bonds is 6. The highest BCUT2D eigenvalue weighted by Gasteiger charge is 2.27. The van der Waals surface area contributed by atoms with Crippen LogP contribution >= 0.6 is 0 Å². The molecule has 5 rings (SSSR count). The van der Waals surface area contributed by atoms with Crippen LogP contribution in [0.3, 0.4) is 0 Å². The van der Waals surface area contributed by atoms with Crippen LogP contribution in [0, 0.1) is 0 Å². The van der Waals surface area contributed by atoms with Crippen LogP contribution < -0.4 is 24.4 Å². The van der Waals surface area contributed by atoms with Gasteiger partial charge in [0, 0.05) is 36.1 Å². The number of carbonyl (C=O) groups is 1. The monoisotopic (exact) mass is 493 g/mol. The van der Waals surface area contributed by atoms with Gasteiger partial charge in [-0.05, 0) is 61.4 Å². The lowest BCUT2D eigenvalue weighted by Crippen LogP contribution is -2.40. The number of fused-ring (bicyclic) bond motifs is 2. The van der Waals surface area contributed by atoms with E-state index in [1.165, 1.54) is 17.7 Å². The van der Waals surface area contributed by atoms with Crippen LogP contribution in [0.1, 0.15) is 18.9 Å². The molecule has 2 aliphatic heterocycles. The number of anilines is 3. The summed E-state index contributed by atoms with van der Waals surface area (Å²) < 4.78 is 39.6. The van der Waals surface area contributed by atoms with Gasteiger partial charge in [-0.25, -0.2) is 8.42 Å². The van der Waals surface area contributed by atoms with Crippen molar-refractivity contribution in [1.82, 2.24) is 0 Å². The zero-order valence-corrected chi connectivity index (χ0v) is 20.2. The molecule has 2 N–H and O–H groups in total. The van der Waals surface area contributed by atoms with Gasteiger partial charge in [-0.1, -0.05) is 18.2 Å². The maximum absolute atomic E-state index is 13.0. The number of hydrogen-bond acceptors (Lipinski definition) is 6. The minimum absolute atomic E-state index is 0.00543. The topological polar surface area (TPSA) is 97.0 Å². The van der Waals surface area contributed by atoms with Crippen molar-refractivity contribution < 1.29 is 22.7 Å². The Morgan fingerprint density at radius 2 is 1.66 bits per heavy atom. The van der Waals surface area contributed by atoms with Gasteiger partial charge in [0.1, 0.15) is 6.04 Å². The molecule has 182 valence electrons. The number of nitrogens with zero attached hydrogens (tertiary/aromatic N) is 1. The average molecular weight is 494 g/mol. The van der Waals surface area contributed by atoms with E-state index in [2.05, 4.69) is 10.0 Å². The molecule has 0 fully saturated rings. The van der Waals surface area contributed by atoms with Crippen molar-refractivity contribution in [3.8, 4) is 11.5 Å². The fraction of sp³-hybridized carbons (Fsp3) is 0.269. The highest BCUT2D eigenvalue weighted by molar-refractivity contribution is 7.92. The Kier molecular flexibility index (Phi) is 6.25. The molecular formula is C26H27N3O5S. The van der Waals surface area contributed by atoms with Crippen LogP contribution in [0.5, 0.6) is 11.5 Å². The standard InChI is InChI=1S/C26H27N3O5S/c1-18(26(30)29-14-13-19-5-2-3-6-23(19)29)27-20-7-9-21(10-8-20)28-35(31,32)22-11-12-24-25(17-22)34-16-4-15-33-24/h2-3,5-12,17-18,27-28H,4,13-16H2,1H3. The lowest BCUT2D eigenvalue weighted by Gasteiger charge is -2.23. The van der Waals surface area contributed by atoms with Crippen LogP contribution in [-0.2, 0) is 21.2 Å². The molecule has 2 aliphatic rings. The zero-order chi connectivity index (χ0) is 24.4. The van der Waals surface area contributed by atoms with Gasteiger partial charge < -0.3 is 19.7 Å². The number of carbonyl (C=O) groups excluding carboxylic acids is 1. The molecule has 1 atom stereocenters. The van der Waals surface area contributed by atoms with Crippen molar-refractivity contribution in [2.24, 2.45) is 0 Å². The molecule has 0 bridgehead atoms. The molecule has 1 amide bonds.